The summed E-state index contributed by atoms with van der Waals surface area (Å²) in [5, 5.41) is 0. The van der Waals surface area contributed by atoms with Crippen LogP contribution in [0.15, 0.2) is 91.0 Å². The van der Waals surface area contributed by atoms with E-state index in [9.17, 15) is 0 Å². The second kappa shape index (κ2) is 9.63. The summed E-state index contributed by atoms with van der Waals surface area (Å²) < 4.78 is 13.0. The molecule has 0 saturated carbocycles. The second-order valence-corrected chi connectivity index (χ2v) is 10.3. The van der Waals surface area contributed by atoms with Crippen LogP contribution in [0, 0.1) is 10.7 Å². The monoisotopic (exact) mass is 438 g/mol. The van der Waals surface area contributed by atoms with Crippen molar-refractivity contribution in [1.29, 1.82) is 0 Å². The maximum Gasteiger partial charge on any atom is 0.393 e. The molecule has 0 atom stereocenters. The molecule has 23 heavy (non-hydrogen) atoms. The van der Waals surface area contributed by atoms with Gasteiger partial charge in [0.05, 0.1) is 0 Å². The van der Waals surface area contributed by atoms with E-state index in [1.54, 1.807) is 0 Å². The van der Waals surface area contributed by atoms with E-state index in [-0.39, 0.29) is 0 Å². The lowest BCUT2D eigenvalue weighted by atomic mass is 10.4. The van der Waals surface area contributed by atoms with Crippen molar-refractivity contribution in [2.45, 2.75) is 0 Å². The summed E-state index contributed by atoms with van der Waals surface area (Å²) in [6.07, 6.45) is 0. The average Bonchev–Trinajstić information content (AvgIpc) is 2.58. The first kappa shape index (κ1) is 17.9. The summed E-state index contributed by atoms with van der Waals surface area (Å²) in [6, 6.07) is 32.8. The van der Waals surface area contributed by atoms with Gasteiger partial charge in [-0.3, -0.25) is 0 Å². The Hall–Kier alpha value is -1.46. The Morgan fingerprint density at radius 2 is 0.783 bits per heavy atom. The SMILES string of the molecule is O=[PH]([O-])[O-].c1ccc([I+2](c2ccccc2)c2ccccc2)cc1. The van der Waals surface area contributed by atoms with Gasteiger partial charge < -0.3 is 14.4 Å². The molecule has 118 valence electrons. The Morgan fingerprint density at radius 3 is 1.00 bits per heavy atom. The van der Waals surface area contributed by atoms with E-state index in [1.807, 2.05) is 0 Å². The molecule has 0 fully saturated rings. The van der Waals surface area contributed by atoms with Crippen molar-refractivity contribution in [3.05, 3.63) is 102 Å². The van der Waals surface area contributed by atoms with E-state index in [0.29, 0.717) is 0 Å². The Bertz CT molecular complexity index is 623. The molecule has 0 aliphatic heterocycles. The van der Waals surface area contributed by atoms with Crippen molar-refractivity contribution < 1.29 is 34.2 Å². The third-order valence-corrected chi connectivity index (χ3v) is 8.75. The minimum atomic E-state index is -3.63. The molecule has 0 aromatic heterocycles. The molecule has 3 aromatic rings. The molecule has 3 nitrogen and oxygen atoms in total. The third kappa shape index (κ3) is 5.92. The van der Waals surface area contributed by atoms with Gasteiger partial charge in [-0.15, -0.1) is 0 Å². The normalized spacial score (nSPS) is 10.3. The largest absolute Gasteiger partial charge is 0.813 e. The lowest BCUT2D eigenvalue weighted by Gasteiger charge is -2.03. The zero-order valence-electron chi connectivity index (χ0n) is 12.3. The Kier molecular flexibility index (Phi) is 7.49. The lowest BCUT2D eigenvalue weighted by Crippen LogP contribution is -3.85. The summed E-state index contributed by atoms with van der Waals surface area (Å²) in [7, 11) is -3.63. The van der Waals surface area contributed by atoms with Crippen LogP contribution < -0.4 is 29.6 Å². The molecule has 0 aliphatic carbocycles. The van der Waals surface area contributed by atoms with Gasteiger partial charge in [0.25, 0.3) is 0 Å². The van der Waals surface area contributed by atoms with Gasteiger partial charge in [0, 0.05) is 36.4 Å². The van der Waals surface area contributed by atoms with Gasteiger partial charge in [-0.1, -0.05) is 62.9 Å². The van der Waals surface area contributed by atoms with E-state index in [0.717, 1.165) is 0 Å². The molecular weight excluding hydrogens is 422 g/mol. The van der Waals surface area contributed by atoms with E-state index in [4.69, 9.17) is 14.4 Å². The number of rotatable bonds is 3. The van der Waals surface area contributed by atoms with Crippen LogP contribution in [0.25, 0.3) is 0 Å². The van der Waals surface area contributed by atoms with Gasteiger partial charge in [-0.05, 0) is 0 Å². The lowest BCUT2D eigenvalue weighted by molar-refractivity contribution is -0.832. The maximum atomic E-state index is 8.52. The van der Waals surface area contributed by atoms with Gasteiger partial charge in [0.2, 0.25) is 0 Å². The molecule has 3 rings (SSSR count). The topological polar surface area (TPSA) is 63.2 Å². The van der Waals surface area contributed by atoms with Crippen LogP contribution in [0.1, 0.15) is 0 Å². The highest BCUT2D eigenvalue weighted by Gasteiger charge is 2.44. The molecule has 0 aliphatic rings. The summed E-state index contributed by atoms with van der Waals surface area (Å²) >= 11 is -1.52. The number of halogens is 1. The van der Waals surface area contributed by atoms with Gasteiger partial charge in [0.15, 0.2) is 0 Å². The smallest absolute Gasteiger partial charge is 0.393 e. The zero-order valence-corrected chi connectivity index (χ0v) is 15.4. The van der Waals surface area contributed by atoms with Crippen LogP contribution in [-0.2, 0) is 4.57 Å². The predicted octanol–water partition coefficient (Wildman–Crippen LogP) is -0.683. The van der Waals surface area contributed by atoms with Gasteiger partial charge in [-0.25, -0.2) is 0 Å². The highest BCUT2D eigenvalue weighted by Crippen LogP contribution is 1.91. The van der Waals surface area contributed by atoms with Crippen molar-refractivity contribution in [3.8, 4) is 0 Å². The molecule has 0 N–H and O–H groups in total. The van der Waals surface area contributed by atoms with Crippen molar-refractivity contribution in [3.63, 3.8) is 0 Å². The fourth-order valence-electron chi connectivity index (χ4n) is 2.00. The first-order chi connectivity index (χ1) is 11.2. The molecule has 0 unspecified atom stereocenters. The molecular formula is C18H16IO3P. The van der Waals surface area contributed by atoms with Gasteiger partial charge >= 0.3 is 30.5 Å². The first-order valence-corrected chi connectivity index (χ1v) is 11.4. The van der Waals surface area contributed by atoms with E-state index < -0.39 is 28.1 Å². The summed E-state index contributed by atoms with van der Waals surface area (Å²) in [5.41, 5.74) is 0. The van der Waals surface area contributed by atoms with Gasteiger partial charge in [-0.2, -0.15) is 0 Å². The molecule has 0 radical (unpaired) electrons. The molecule has 0 amide bonds. The van der Waals surface area contributed by atoms with Crippen LogP contribution in [0.2, 0.25) is 0 Å². The first-order valence-electron chi connectivity index (χ1n) is 6.91. The fourth-order valence-corrected chi connectivity index (χ4v) is 7.56. The highest BCUT2D eigenvalue weighted by molar-refractivity contribution is 7.27. The Balaban J connectivity index is 0.000000433. The van der Waals surface area contributed by atoms with Gasteiger partial charge in [0.1, 0.15) is 0 Å². The second-order valence-electron chi connectivity index (χ2n) is 4.42. The Morgan fingerprint density at radius 1 is 0.565 bits per heavy atom. The third-order valence-electron chi connectivity index (χ3n) is 2.85. The van der Waals surface area contributed by atoms with Crippen LogP contribution in [0.4, 0.5) is 0 Å². The predicted molar refractivity (Wildman–Crippen MR) is 84.4 cm³/mol. The molecule has 5 heteroatoms. The molecule has 0 saturated heterocycles. The zero-order chi connectivity index (χ0) is 16.5. The van der Waals surface area contributed by atoms with Crippen LogP contribution in [0.5, 0.6) is 0 Å². The fraction of sp³-hybridized carbons (Fsp3) is 0. The van der Waals surface area contributed by atoms with E-state index in [1.165, 1.54) is 10.7 Å². The average molecular weight is 438 g/mol. The summed E-state index contributed by atoms with van der Waals surface area (Å²) in [6.45, 7) is 0. The highest BCUT2D eigenvalue weighted by atomic mass is 127. The number of hydrogen-bond acceptors (Lipinski definition) is 3. The van der Waals surface area contributed by atoms with Crippen LogP contribution in [0.3, 0.4) is 0 Å². The van der Waals surface area contributed by atoms with Crippen molar-refractivity contribution in [1.82, 2.24) is 0 Å². The van der Waals surface area contributed by atoms with E-state index in [2.05, 4.69) is 91.0 Å². The molecule has 3 aromatic carbocycles. The minimum absolute atomic E-state index is 1.49. The number of hydrogen-bond donors (Lipinski definition) is 0. The number of benzene rings is 3. The van der Waals surface area contributed by atoms with Crippen molar-refractivity contribution >= 4 is 8.25 Å². The summed E-state index contributed by atoms with van der Waals surface area (Å²) in [5.74, 6) is 0. The van der Waals surface area contributed by atoms with Crippen LogP contribution in [-0.4, -0.2) is 0 Å². The van der Waals surface area contributed by atoms with E-state index >= 15 is 0 Å². The van der Waals surface area contributed by atoms with Crippen molar-refractivity contribution in [2.24, 2.45) is 0 Å². The quantitative estimate of drug-likeness (QED) is 0.402. The summed E-state index contributed by atoms with van der Waals surface area (Å²) in [4.78, 5) is 17.0. The standard InChI is InChI=1S/C18H15I.H3O3P/c1-4-10-16(11-5-1)19(17-12-6-2-7-13-17)18-14-8-3-9-15-18;1-4(2)3/h1-15H;4H,(H2,1,2,3)/q+2;/p-2. The molecule has 0 spiro atoms. The Labute approximate surface area is 144 Å². The van der Waals surface area contributed by atoms with Crippen LogP contribution >= 0.6 is 8.25 Å². The molecule has 0 heterocycles. The minimum Gasteiger partial charge on any atom is -0.813 e. The molecule has 0 bridgehead atoms. The van der Waals surface area contributed by atoms with Crippen molar-refractivity contribution in [2.75, 3.05) is 0 Å². The maximum absolute atomic E-state index is 8.52.